The van der Waals surface area contributed by atoms with Gasteiger partial charge in [0.15, 0.2) is 9.84 Å². The van der Waals surface area contributed by atoms with Crippen molar-refractivity contribution < 1.29 is 27.9 Å². The van der Waals surface area contributed by atoms with Gasteiger partial charge in [-0.3, -0.25) is 9.59 Å². The van der Waals surface area contributed by atoms with Crippen molar-refractivity contribution in [1.82, 2.24) is 4.98 Å². The Morgan fingerprint density at radius 3 is 2.24 bits per heavy atom. The Morgan fingerprint density at radius 2 is 1.62 bits per heavy atom. The highest BCUT2D eigenvalue weighted by Crippen LogP contribution is 2.35. The average Bonchev–Trinajstić information content (AvgIpc) is 2.94. The fourth-order valence-corrected chi connectivity index (χ4v) is 5.91. The number of aromatic nitrogens is 1. The molecular weight excluding hydrogens is 625 g/mol. The van der Waals surface area contributed by atoms with Crippen LogP contribution in [0.5, 0.6) is 17.4 Å². The lowest BCUT2D eigenvalue weighted by Crippen LogP contribution is -2.34. The first kappa shape index (κ1) is 31.1. The molecule has 13 heteroatoms. The van der Waals surface area contributed by atoms with Gasteiger partial charge in [0.25, 0.3) is 5.91 Å². The summed E-state index contributed by atoms with van der Waals surface area (Å²) in [4.78, 5) is 29.6. The number of nitrogens with one attached hydrogen (secondary N) is 2. The molecule has 0 saturated carbocycles. The molecule has 42 heavy (non-hydrogen) atoms. The number of phenols is 1. The molecule has 0 radical (unpaired) electrons. The number of pyridine rings is 1. The van der Waals surface area contributed by atoms with E-state index in [-0.39, 0.29) is 49.2 Å². The number of benzene rings is 3. The van der Waals surface area contributed by atoms with Gasteiger partial charge in [0, 0.05) is 23.9 Å². The van der Waals surface area contributed by atoms with Crippen LogP contribution in [0.1, 0.15) is 29.3 Å². The van der Waals surface area contributed by atoms with Gasteiger partial charge in [-0.2, -0.15) is 0 Å². The van der Waals surface area contributed by atoms with Gasteiger partial charge >= 0.3 is 0 Å². The van der Waals surface area contributed by atoms with E-state index in [1.54, 1.807) is 19.1 Å². The Bertz CT molecular complexity index is 1750. The number of aromatic hydroxyl groups is 1. The Labute approximate surface area is 257 Å². The van der Waals surface area contributed by atoms with Crippen molar-refractivity contribution in [3.8, 4) is 17.4 Å². The van der Waals surface area contributed by atoms with Crippen molar-refractivity contribution in [2.75, 3.05) is 10.6 Å². The Kier molecular flexibility index (Phi) is 9.63. The molecule has 3 N–H and O–H groups in total. The number of amides is 2. The number of carbonyl (C=O) groups excluding carboxylic acids is 2. The molecule has 0 saturated heterocycles. The van der Waals surface area contributed by atoms with Crippen LogP contribution in [0, 0.1) is 6.92 Å². The maximum atomic E-state index is 13.3. The van der Waals surface area contributed by atoms with Gasteiger partial charge in [-0.15, -0.1) is 0 Å². The second-order valence-electron chi connectivity index (χ2n) is 9.11. The fourth-order valence-electron chi connectivity index (χ4n) is 3.84. The first-order valence-electron chi connectivity index (χ1n) is 12.4. The van der Waals surface area contributed by atoms with E-state index in [1.165, 1.54) is 36.4 Å². The molecule has 2 amide bonds. The summed E-state index contributed by atoms with van der Waals surface area (Å²) in [5, 5.41) is 14.3. The van der Waals surface area contributed by atoms with Crippen LogP contribution in [0.3, 0.4) is 0 Å². The summed E-state index contributed by atoms with van der Waals surface area (Å²) in [6.45, 7) is 3.49. The maximum Gasteiger partial charge on any atom is 0.255 e. The third-order valence-corrected chi connectivity index (χ3v) is 9.34. The monoisotopic (exact) mass is 647 g/mol. The second kappa shape index (κ2) is 13.0. The van der Waals surface area contributed by atoms with Crippen molar-refractivity contribution >= 4 is 67.8 Å². The van der Waals surface area contributed by atoms with E-state index in [1.807, 2.05) is 19.1 Å². The molecule has 1 aromatic heterocycles. The summed E-state index contributed by atoms with van der Waals surface area (Å²) < 4.78 is 32.3. The van der Waals surface area contributed by atoms with Crippen molar-refractivity contribution in [3.63, 3.8) is 0 Å². The molecule has 4 aromatic rings. The molecule has 218 valence electrons. The van der Waals surface area contributed by atoms with E-state index < -0.39 is 32.7 Å². The number of rotatable bonds is 9. The van der Waals surface area contributed by atoms with Crippen molar-refractivity contribution in [2.24, 2.45) is 0 Å². The number of aryl methyl sites for hydroxylation is 1. The van der Waals surface area contributed by atoms with Crippen LogP contribution in [-0.4, -0.2) is 35.6 Å². The molecule has 0 fully saturated rings. The van der Waals surface area contributed by atoms with Gasteiger partial charge in [-0.05, 0) is 55.8 Å². The molecule has 4 rings (SSSR count). The lowest BCUT2D eigenvalue weighted by atomic mass is 10.2. The third-order valence-electron chi connectivity index (χ3n) is 6.09. The summed E-state index contributed by atoms with van der Waals surface area (Å²) in [6, 6.07) is 16.5. The predicted octanol–water partition coefficient (Wildman–Crippen LogP) is 7.29. The molecule has 0 aliphatic rings. The van der Waals surface area contributed by atoms with Gasteiger partial charge in [0.2, 0.25) is 11.8 Å². The van der Waals surface area contributed by atoms with Crippen LogP contribution in [0.2, 0.25) is 15.1 Å². The van der Waals surface area contributed by atoms with Gasteiger partial charge < -0.3 is 20.5 Å². The van der Waals surface area contributed by atoms with Crippen LogP contribution in [-0.2, 0) is 14.6 Å². The van der Waals surface area contributed by atoms with Crippen molar-refractivity contribution in [1.29, 1.82) is 0 Å². The molecule has 1 atom stereocenters. The smallest absolute Gasteiger partial charge is 0.255 e. The highest BCUT2D eigenvalue weighted by atomic mass is 35.5. The number of hydrogen-bond acceptors (Lipinski definition) is 7. The van der Waals surface area contributed by atoms with E-state index in [0.29, 0.717) is 5.75 Å². The number of sulfone groups is 1. The van der Waals surface area contributed by atoms with Crippen molar-refractivity contribution in [2.45, 2.75) is 30.4 Å². The molecule has 9 nitrogen and oxygen atoms in total. The second-order valence-corrected chi connectivity index (χ2v) is 12.5. The van der Waals surface area contributed by atoms with Crippen LogP contribution >= 0.6 is 34.8 Å². The van der Waals surface area contributed by atoms with Gasteiger partial charge in [0.05, 0.1) is 31.3 Å². The van der Waals surface area contributed by atoms with E-state index >= 15 is 0 Å². The maximum absolute atomic E-state index is 13.3. The Hall–Kier alpha value is -3.83. The number of anilines is 2. The Morgan fingerprint density at radius 1 is 0.905 bits per heavy atom. The SMILES string of the molecule is CCC(C(=O)Nc1cc(O)c(NC(=O)c2ccc(Cl)c(Cl)c2)cc1Cl)S(=O)(=O)c1ccc(Oc2ccc(C)cc2)nc1. The third kappa shape index (κ3) is 7.14. The summed E-state index contributed by atoms with van der Waals surface area (Å²) in [7, 11) is -4.16. The molecule has 0 aliphatic carbocycles. The van der Waals surface area contributed by atoms with E-state index in [2.05, 4.69) is 15.6 Å². The van der Waals surface area contributed by atoms with E-state index in [9.17, 15) is 23.1 Å². The zero-order valence-corrected chi connectivity index (χ0v) is 25.3. The van der Waals surface area contributed by atoms with Gasteiger partial charge in [-0.25, -0.2) is 13.4 Å². The summed E-state index contributed by atoms with van der Waals surface area (Å²) in [5.41, 5.74) is 1.13. The number of carbonyl (C=O) groups is 2. The number of hydrogen-bond donors (Lipinski definition) is 3. The molecule has 0 bridgehead atoms. The zero-order valence-electron chi connectivity index (χ0n) is 22.2. The van der Waals surface area contributed by atoms with Crippen LogP contribution in [0.25, 0.3) is 0 Å². The minimum absolute atomic E-state index is 0.0484. The van der Waals surface area contributed by atoms with Crippen LogP contribution in [0.15, 0.2) is 77.8 Å². The van der Waals surface area contributed by atoms with Gasteiger partial charge in [0.1, 0.15) is 16.7 Å². The number of phenolic OH excluding ortho intramolecular Hbond substituents is 1. The topological polar surface area (TPSA) is 135 Å². The number of halogens is 3. The fraction of sp³-hybridized carbons (Fsp3) is 0.138. The molecule has 1 heterocycles. The molecule has 1 unspecified atom stereocenters. The average molecular weight is 649 g/mol. The lowest BCUT2D eigenvalue weighted by molar-refractivity contribution is -0.115. The number of nitrogens with zero attached hydrogens (tertiary/aromatic N) is 1. The number of ether oxygens (including phenoxy) is 1. The summed E-state index contributed by atoms with van der Waals surface area (Å²) in [5.74, 6) is -1.17. The minimum atomic E-state index is -4.16. The van der Waals surface area contributed by atoms with E-state index in [4.69, 9.17) is 39.5 Å². The zero-order chi connectivity index (χ0) is 30.6. The van der Waals surface area contributed by atoms with Crippen LogP contribution in [0.4, 0.5) is 11.4 Å². The molecular formula is C29H24Cl3N3O6S. The predicted molar refractivity (Wildman–Crippen MR) is 163 cm³/mol. The highest BCUT2D eigenvalue weighted by molar-refractivity contribution is 7.92. The first-order valence-corrected chi connectivity index (χ1v) is 15.1. The molecule has 0 aliphatic heterocycles. The molecule has 0 spiro atoms. The lowest BCUT2D eigenvalue weighted by Gasteiger charge is -2.17. The summed E-state index contributed by atoms with van der Waals surface area (Å²) in [6.07, 6.45) is 1.07. The highest BCUT2D eigenvalue weighted by Gasteiger charge is 2.33. The van der Waals surface area contributed by atoms with Crippen LogP contribution < -0.4 is 15.4 Å². The standard InChI is InChI=1S/C29H24Cl3N3O6S/c1-3-26(42(39,40)19-9-11-27(33-15-19)41-18-7-4-16(2)5-8-18)29(38)34-23-14-25(36)24(13-22(23)32)35-28(37)17-6-10-20(30)21(31)12-17/h4-15,26,36H,3H2,1-2H3,(H,34,38)(H,35,37). The quantitative estimate of drug-likeness (QED) is 0.162. The molecule has 3 aromatic carbocycles. The Balaban J connectivity index is 1.47. The van der Waals surface area contributed by atoms with Crippen molar-refractivity contribution in [3.05, 3.63) is 99.1 Å². The minimum Gasteiger partial charge on any atom is -0.506 e. The largest absolute Gasteiger partial charge is 0.506 e. The van der Waals surface area contributed by atoms with Gasteiger partial charge in [-0.1, -0.05) is 59.4 Å². The first-order chi connectivity index (χ1) is 19.9. The van der Waals surface area contributed by atoms with E-state index in [0.717, 1.165) is 17.8 Å². The summed E-state index contributed by atoms with van der Waals surface area (Å²) >= 11 is 18.1. The normalized spacial score (nSPS) is 11.9.